The molecule has 0 N–H and O–H groups in total. The van der Waals surface area contributed by atoms with Crippen LogP contribution < -0.4 is 0 Å². The smallest absolute Gasteiger partial charge is 0.304 e. The Morgan fingerprint density at radius 1 is 1.57 bits per heavy atom. The third-order valence-corrected chi connectivity index (χ3v) is 3.20. The van der Waals surface area contributed by atoms with Gasteiger partial charge in [0.2, 0.25) is 6.29 Å². The van der Waals surface area contributed by atoms with Gasteiger partial charge in [0.1, 0.15) is 0 Å². The summed E-state index contributed by atoms with van der Waals surface area (Å²) in [7, 11) is 0. The minimum absolute atomic E-state index is 0.162. The van der Waals surface area contributed by atoms with Crippen LogP contribution in [0.5, 0.6) is 0 Å². The first kappa shape index (κ1) is 11.5. The number of carbonyl (C=O) groups is 1. The molecule has 0 aromatic carbocycles. The summed E-state index contributed by atoms with van der Waals surface area (Å²) >= 11 is 0. The third-order valence-electron chi connectivity index (χ3n) is 3.20. The molecule has 82 valence electrons. The van der Waals surface area contributed by atoms with Crippen molar-refractivity contribution in [2.45, 2.75) is 59.4 Å². The summed E-state index contributed by atoms with van der Waals surface area (Å²) in [5, 5.41) is 0. The maximum Gasteiger partial charge on any atom is 0.304 e. The van der Waals surface area contributed by atoms with Crippen molar-refractivity contribution in [1.82, 2.24) is 0 Å². The van der Waals surface area contributed by atoms with Crippen LogP contribution in [0.15, 0.2) is 0 Å². The second kappa shape index (κ2) is 4.30. The predicted molar refractivity (Wildman–Crippen MR) is 53.7 cm³/mol. The fraction of sp³-hybridized carbons (Fsp3) is 0.909. The van der Waals surface area contributed by atoms with E-state index in [0.717, 1.165) is 19.3 Å². The second-order valence-electron chi connectivity index (χ2n) is 4.28. The molecule has 1 rings (SSSR count). The van der Waals surface area contributed by atoms with Crippen LogP contribution in [-0.2, 0) is 14.3 Å². The Morgan fingerprint density at radius 3 is 2.57 bits per heavy atom. The van der Waals surface area contributed by atoms with Gasteiger partial charge >= 0.3 is 5.97 Å². The van der Waals surface area contributed by atoms with E-state index < -0.39 is 0 Å². The van der Waals surface area contributed by atoms with Gasteiger partial charge in [-0.1, -0.05) is 20.8 Å². The first-order valence-corrected chi connectivity index (χ1v) is 5.34. The van der Waals surface area contributed by atoms with Crippen molar-refractivity contribution in [2.24, 2.45) is 5.41 Å². The van der Waals surface area contributed by atoms with Gasteiger partial charge in [0.05, 0.1) is 6.10 Å². The van der Waals surface area contributed by atoms with Crippen LogP contribution in [0.3, 0.4) is 0 Å². The molecule has 1 fully saturated rings. The van der Waals surface area contributed by atoms with E-state index >= 15 is 0 Å². The molecule has 0 saturated carbocycles. The van der Waals surface area contributed by atoms with E-state index in [1.54, 1.807) is 0 Å². The molecule has 0 aliphatic carbocycles. The van der Waals surface area contributed by atoms with Crippen LogP contribution in [0, 0.1) is 5.41 Å². The Kier molecular flexibility index (Phi) is 3.53. The second-order valence-corrected chi connectivity index (χ2v) is 4.28. The topological polar surface area (TPSA) is 35.5 Å². The van der Waals surface area contributed by atoms with Gasteiger partial charge in [0, 0.05) is 13.3 Å². The van der Waals surface area contributed by atoms with E-state index in [2.05, 4.69) is 20.8 Å². The summed E-state index contributed by atoms with van der Waals surface area (Å²) in [6.45, 7) is 7.88. The number of esters is 1. The first-order chi connectivity index (χ1) is 6.51. The highest BCUT2D eigenvalue weighted by atomic mass is 16.7. The number of carbonyl (C=O) groups excluding carboxylic acids is 1. The van der Waals surface area contributed by atoms with E-state index in [-0.39, 0.29) is 23.8 Å². The Labute approximate surface area is 85.8 Å². The quantitative estimate of drug-likeness (QED) is 0.656. The number of rotatable bonds is 3. The van der Waals surface area contributed by atoms with Crippen LogP contribution >= 0.6 is 0 Å². The Hall–Kier alpha value is -0.570. The zero-order valence-electron chi connectivity index (χ0n) is 9.50. The van der Waals surface area contributed by atoms with E-state index in [0.29, 0.717) is 0 Å². The molecule has 1 unspecified atom stereocenters. The van der Waals surface area contributed by atoms with Crippen molar-refractivity contribution < 1.29 is 14.3 Å². The van der Waals surface area contributed by atoms with Crippen LogP contribution in [0.4, 0.5) is 0 Å². The fourth-order valence-corrected chi connectivity index (χ4v) is 2.12. The Morgan fingerprint density at radius 2 is 2.21 bits per heavy atom. The van der Waals surface area contributed by atoms with Crippen LogP contribution in [-0.4, -0.2) is 18.4 Å². The lowest BCUT2D eigenvalue weighted by Gasteiger charge is -2.26. The van der Waals surface area contributed by atoms with E-state index in [9.17, 15) is 4.79 Å². The molecule has 1 aliphatic heterocycles. The van der Waals surface area contributed by atoms with Gasteiger partial charge in [-0.05, 0) is 18.3 Å². The number of hydrogen-bond donors (Lipinski definition) is 0. The minimum Gasteiger partial charge on any atom is -0.436 e. The molecule has 0 aromatic rings. The molecule has 1 saturated heterocycles. The molecule has 3 heteroatoms. The molecule has 3 nitrogen and oxygen atoms in total. The maximum absolute atomic E-state index is 10.8. The lowest BCUT2D eigenvalue weighted by Crippen LogP contribution is -2.25. The van der Waals surface area contributed by atoms with Crippen molar-refractivity contribution >= 4 is 5.97 Å². The van der Waals surface area contributed by atoms with Crippen molar-refractivity contribution in [3.63, 3.8) is 0 Å². The zero-order valence-corrected chi connectivity index (χ0v) is 9.50. The molecule has 0 radical (unpaired) electrons. The average molecular weight is 200 g/mol. The average Bonchev–Trinajstić information content (AvgIpc) is 2.42. The van der Waals surface area contributed by atoms with Crippen molar-refractivity contribution in [1.29, 1.82) is 0 Å². The molecule has 1 heterocycles. The van der Waals surface area contributed by atoms with Crippen molar-refractivity contribution in [3.8, 4) is 0 Å². The molecule has 0 spiro atoms. The molecule has 0 bridgehead atoms. The summed E-state index contributed by atoms with van der Waals surface area (Å²) < 4.78 is 10.8. The third kappa shape index (κ3) is 2.27. The van der Waals surface area contributed by atoms with E-state index in [4.69, 9.17) is 9.47 Å². The van der Waals surface area contributed by atoms with Gasteiger partial charge in [0.15, 0.2) is 0 Å². The molecule has 1 aliphatic rings. The normalized spacial score (nSPS) is 37.1. The Bertz CT molecular complexity index is 215. The fourth-order valence-electron chi connectivity index (χ4n) is 2.12. The molecule has 0 aromatic heterocycles. The zero-order chi connectivity index (χ0) is 10.8. The molecular formula is C11H20O3. The van der Waals surface area contributed by atoms with Gasteiger partial charge in [-0.2, -0.15) is 0 Å². The van der Waals surface area contributed by atoms with Crippen molar-refractivity contribution in [2.75, 3.05) is 0 Å². The summed E-state index contributed by atoms with van der Waals surface area (Å²) in [5.74, 6) is -0.259. The van der Waals surface area contributed by atoms with Gasteiger partial charge in [-0.3, -0.25) is 4.79 Å². The number of hydrogen-bond acceptors (Lipinski definition) is 3. The largest absolute Gasteiger partial charge is 0.436 e. The van der Waals surface area contributed by atoms with Gasteiger partial charge in [-0.15, -0.1) is 0 Å². The van der Waals surface area contributed by atoms with Gasteiger partial charge in [-0.25, -0.2) is 0 Å². The van der Waals surface area contributed by atoms with Crippen LogP contribution in [0.25, 0.3) is 0 Å². The highest BCUT2D eigenvalue weighted by molar-refractivity contribution is 5.66. The predicted octanol–water partition coefficient (Wildman–Crippen LogP) is 2.49. The summed E-state index contributed by atoms with van der Waals surface area (Å²) in [6, 6.07) is 0. The minimum atomic E-state index is -0.331. The lowest BCUT2D eigenvalue weighted by atomic mass is 9.79. The van der Waals surface area contributed by atoms with Crippen LogP contribution in [0.2, 0.25) is 0 Å². The SMILES string of the molecule is CC[C@@H]1O[C@@H](OC(C)=O)CC1(C)CC. The van der Waals surface area contributed by atoms with Gasteiger partial charge in [0.25, 0.3) is 0 Å². The summed E-state index contributed by atoms with van der Waals surface area (Å²) in [4.78, 5) is 10.8. The van der Waals surface area contributed by atoms with Crippen LogP contribution in [0.1, 0.15) is 47.0 Å². The van der Waals surface area contributed by atoms with E-state index in [1.807, 2.05) is 0 Å². The molecule has 0 amide bonds. The molecular weight excluding hydrogens is 180 g/mol. The number of ether oxygens (including phenoxy) is 2. The molecule has 14 heavy (non-hydrogen) atoms. The highest BCUT2D eigenvalue weighted by Gasteiger charge is 2.44. The highest BCUT2D eigenvalue weighted by Crippen LogP contribution is 2.42. The standard InChI is InChI=1S/C11H20O3/c1-5-9-11(4,6-2)7-10(14-9)13-8(3)12/h9-10H,5-7H2,1-4H3/t9-,10+,11?/m0/s1. The molecule has 3 atom stereocenters. The first-order valence-electron chi connectivity index (χ1n) is 5.34. The summed E-state index contributed by atoms with van der Waals surface area (Å²) in [5.41, 5.74) is 0.162. The van der Waals surface area contributed by atoms with E-state index in [1.165, 1.54) is 6.92 Å². The monoisotopic (exact) mass is 200 g/mol. The van der Waals surface area contributed by atoms with Gasteiger partial charge < -0.3 is 9.47 Å². The summed E-state index contributed by atoms with van der Waals surface area (Å²) in [6.07, 6.45) is 2.74. The van der Waals surface area contributed by atoms with Crippen molar-refractivity contribution in [3.05, 3.63) is 0 Å². The lowest BCUT2D eigenvalue weighted by molar-refractivity contribution is -0.173. The Balaban J connectivity index is 2.60. The maximum atomic E-state index is 10.8.